The minimum atomic E-state index is -0.972. The molecule has 1 aromatic carbocycles. The van der Waals surface area contributed by atoms with Crippen molar-refractivity contribution >= 4 is 57.9 Å². The second-order valence-electron chi connectivity index (χ2n) is 4.42. The first-order valence-corrected chi connectivity index (χ1v) is 7.97. The molecule has 114 valence electrons. The molecule has 0 spiro atoms. The third-order valence-corrected chi connectivity index (χ3v) is 4.39. The van der Waals surface area contributed by atoms with Crippen LogP contribution in [0.15, 0.2) is 46.3 Å². The second-order valence-corrected chi connectivity index (χ2v) is 6.53. The maximum absolute atomic E-state index is 12.2. The molecule has 0 atom stereocenters. The van der Waals surface area contributed by atoms with Gasteiger partial charge in [0.15, 0.2) is 0 Å². The van der Waals surface area contributed by atoms with E-state index in [-0.39, 0.29) is 18.9 Å². The number of hydrogen-bond acceptors (Lipinski definition) is 4. The lowest BCUT2D eigenvalue weighted by molar-refractivity contribution is -0.137. The molecule has 1 aliphatic heterocycles. The standard InChI is InChI=1S/C15H12ClNO3S2/c16-11(8-10-4-2-1-3-5-10)9-12-14(20)17(15(21)22-12)7-6-13(18)19/h1-5,8-9H,6-7H2,(H,18,19). The molecule has 2 rings (SSSR count). The van der Waals surface area contributed by atoms with Gasteiger partial charge in [-0.2, -0.15) is 0 Å². The zero-order valence-corrected chi connectivity index (χ0v) is 13.7. The van der Waals surface area contributed by atoms with Crippen LogP contribution in [0.3, 0.4) is 0 Å². The Morgan fingerprint density at radius 3 is 2.68 bits per heavy atom. The minimum Gasteiger partial charge on any atom is -0.481 e. The number of hydrogen-bond donors (Lipinski definition) is 1. The van der Waals surface area contributed by atoms with Gasteiger partial charge in [-0.25, -0.2) is 0 Å². The fraction of sp³-hybridized carbons (Fsp3) is 0.133. The molecule has 1 heterocycles. The summed E-state index contributed by atoms with van der Waals surface area (Å²) in [7, 11) is 0. The van der Waals surface area contributed by atoms with Crippen LogP contribution in [0.2, 0.25) is 0 Å². The van der Waals surface area contributed by atoms with Crippen LogP contribution in [0, 0.1) is 0 Å². The fourth-order valence-corrected chi connectivity index (χ4v) is 3.37. The number of carboxylic acid groups (broad SMARTS) is 1. The van der Waals surface area contributed by atoms with Crippen molar-refractivity contribution in [2.24, 2.45) is 0 Å². The maximum Gasteiger partial charge on any atom is 0.305 e. The van der Waals surface area contributed by atoms with Gasteiger partial charge in [-0.15, -0.1) is 0 Å². The van der Waals surface area contributed by atoms with Crippen molar-refractivity contribution in [1.29, 1.82) is 0 Å². The average Bonchev–Trinajstić information content (AvgIpc) is 2.72. The number of rotatable bonds is 5. The van der Waals surface area contributed by atoms with Crippen molar-refractivity contribution in [2.45, 2.75) is 6.42 Å². The molecule has 1 saturated heterocycles. The number of aliphatic carboxylic acids is 1. The van der Waals surface area contributed by atoms with Crippen molar-refractivity contribution < 1.29 is 14.7 Å². The summed E-state index contributed by atoms with van der Waals surface area (Å²) in [5.74, 6) is -1.28. The van der Waals surface area contributed by atoms with E-state index in [1.54, 1.807) is 12.2 Å². The molecule has 0 bridgehead atoms. The SMILES string of the molecule is O=C(O)CCN1C(=O)C(=CC(Cl)=Cc2ccccc2)SC1=S. The van der Waals surface area contributed by atoms with Crippen molar-refractivity contribution in [3.8, 4) is 0 Å². The van der Waals surface area contributed by atoms with Gasteiger partial charge < -0.3 is 5.11 Å². The van der Waals surface area contributed by atoms with Crippen LogP contribution in [0.25, 0.3) is 6.08 Å². The van der Waals surface area contributed by atoms with E-state index in [1.807, 2.05) is 30.3 Å². The van der Waals surface area contributed by atoms with Crippen LogP contribution in [0.5, 0.6) is 0 Å². The number of carboxylic acids is 1. The average molecular weight is 354 g/mol. The molecule has 1 aliphatic rings. The van der Waals surface area contributed by atoms with Crippen LogP contribution in [-0.2, 0) is 9.59 Å². The molecule has 0 radical (unpaired) electrons. The number of thioether (sulfide) groups is 1. The Bertz CT molecular complexity index is 671. The lowest BCUT2D eigenvalue weighted by Gasteiger charge is -2.12. The van der Waals surface area contributed by atoms with E-state index in [4.69, 9.17) is 28.9 Å². The first-order valence-electron chi connectivity index (χ1n) is 6.37. The van der Waals surface area contributed by atoms with E-state index in [0.29, 0.717) is 14.3 Å². The Morgan fingerprint density at radius 1 is 1.36 bits per heavy atom. The molecule has 1 amide bonds. The van der Waals surface area contributed by atoms with Gasteiger partial charge in [-0.1, -0.05) is 65.9 Å². The highest BCUT2D eigenvalue weighted by Crippen LogP contribution is 2.32. The summed E-state index contributed by atoms with van der Waals surface area (Å²) in [5.41, 5.74) is 0.921. The van der Waals surface area contributed by atoms with E-state index in [1.165, 1.54) is 4.90 Å². The summed E-state index contributed by atoms with van der Waals surface area (Å²) in [6, 6.07) is 9.48. The summed E-state index contributed by atoms with van der Waals surface area (Å²) >= 11 is 12.4. The number of carbonyl (C=O) groups excluding carboxylic acids is 1. The molecular formula is C15H12ClNO3S2. The Hall–Kier alpha value is -1.63. The van der Waals surface area contributed by atoms with Gasteiger partial charge in [0, 0.05) is 11.6 Å². The van der Waals surface area contributed by atoms with Gasteiger partial charge >= 0.3 is 5.97 Å². The Morgan fingerprint density at radius 2 is 2.05 bits per heavy atom. The summed E-state index contributed by atoms with van der Waals surface area (Å²) in [5, 5.41) is 9.10. The van der Waals surface area contributed by atoms with Crippen LogP contribution < -0.4 is 0 Å². The van der Waals surface area contributed by atoms with E-state index in [0.717, 1.165) is 17.3 Å². The van der Waals surface area contributed by atoms with Gasteiger partial charge in [0.1, 0.15) is 4.32 Å². The fourth-order valence-electron chi connectivity index (χ4n) is 1.78. The zero-order chi connectivity index (χ0) is 16.1. The zero-order valence-electron chi connectivity index (χ0n) is 11.4. The number of nitrogens with zero attached hydrogens (tertiary/aromatic N) is 1. The van der Waals surface area contributed by atoms with Gasteiger partial charge in [-0.05, 0) is 17.7 Å². The Labute approximate surface area is 142 Å². The molecule has 1 aromatic rings. The lowest BCUT2D eigenvalue weighted by atomic mass is 10.2. The van der Waals surface area contributed by atoms with Crippen LogP contribution in [0.4, 0.5) is 0 Å². The smallest absolute Gasteiger partial charge is 0.305 e. The number of thiocarbonyl (C=S) groups is 1. The maximum atomic E-state index is 12.2. The third-order valence-electron chi connectivity index (χ3n) is 2.80. The first kappa shape index (κ1) is 16.7. The molecule has 22 heavy (non-hydrogen) atoms. The van der Waals surface area contributed by atoms with Gasteiger partial charge in [0.2, 0.25) is 0 Å². The lowest BCUT2D eigenvalue weighted by Crippen LogP contribution is -2.30. The minimum absolute atomic E-state index is 0.0668. The highest BCUT2D eigenvalue weighted by molar-refractivity contribution is 8.26. The summed E-state index contributed by atoms with van der Waals surface area (Å²) in [6.45, 7) is 0.0668. The van der Waals surface area contributed by atoms with Gasteiger partial charge in [0.25, 0.3) is 5.91 Å². The molecular weight excluding hydrogens is 342 g/mol. The van der Waals surface area contributed by atoms with E-state index < -0.39 is 5.97 Å². The number of allylic oxidation sites excluding steroid dienone is 2. The molecule has 0 aliphatic carbocycles. The molecule has 0 unspecified atom stereocenters. The van der Waals surface area contributed by atoms with Gasteiger partial charge in [-0.3, -0.25) is 14.5 Å². The highest BCUT2D eigenvalue weighted by atomic mass is 35.5. The molecule has 0 saturated carbocycles. The van der Waals surface area contributed by atoms with Crippen molar-refractivity contribution in [3.63, 3.8) is 0 Å². The summed E-state index contributed by atoms with van der Waals surface area (Å²) < 4.78 is 0.349. The second kappa shape index (κ2) is 7.58. The van der Waals surface area contributed by atoms with Crippen molar-refractivity contribution in [1.82, 2.24) is 4.90 Å². The number of carbonyl (C=O) groups is 2. The predicted molar refractivity (Wildman–Crippen MR) is 92.5 cm³/mol. The molecule has 4 nitrogen and oxygen atoms in total. The summed E-state index contributed by atoms with van der Waals surface area (Å²) in [6.07, 6.45) is 3.15. The number of benzene rings is 1. The molecule has 1 fully saturated rings. The number of amides is 1. The van der Waals surface area contributed by atoms with Crippen LogP contribution in [0.1, 0.15) is 12.0 Å². The Balaban J connectivity index is 2.12. The largest absolute Gasteiger partial charge is 0.481 e. The topological polar surface area (TPSA) is 57.6 Å². The summed E-state index contributed by atoms with van der Waals surface area (Å²) in [4.78, 5) is 24.5. The van der Waals surface area contributed by atoms with Crippen molar-refractivity contribution in [3.05, 3.63) is 51.9 Å². The first-order chi connectivity index (χ1) is 10.5. The molecule has 7 heteroatoms. The third kappa shape index (κ3) is 4.43. The monoisotopic (exact) mass is 353 g/mol. The normalized spacial score (nSPS) is 17.4. The van der Waals surface area contributed by atoms with Crippen LogP contribution in [-0.4, -0.2) is 32.7 Å². The molecule has 1 N–H and O–H groups in total. The van der Waals surface area contributed by atoms with E-state index in [2.05, 4.69) is 0 Å². The Kier molecular flexibility index (Phi) is 5.76. The van der Waals surface area contributed by atoms with Gasteiger partial charge in [0.05, 0.1) is 11.3 Å². The highest BCUT2D eigenvalue weighted by Gasteiger charge is 2.32. The van der Waals surface area contributed by atoms with Crippen molar-refractivity contribution in [2.75, 3.05) is 6.54 Å². The molecule has 0 aromatic heterocycles. The van der Waals surface area contributed by atoms with E-state index >= 15 is 0 Å². The van der Waals surface area contributed by atoms with Crippen LogP contribution >= 0.6 is 35.6 Å². The number of halogens is 1. The quantitative estimate of drug-likeness (QED) is 0.648. The predicted octanol–water partition coefficient (Wildman–Crippen LogP) is 3.49. The van der Waals surface area contributed by atoms with E-state index in [9.17, 15) is 9.59 Å².